The van der Waals surface area contributed by atoms with Crippen LogP contribution in [-0.2, 0) is 0 Å². The summed E-state index contributed by atoms with van der Waals surface area (Å²) in [6.07, 6.45) is -4.68. The zero-order valence-corrected chi connectivity index (χ0v) is 16.6. The molecule has 0 fully saturated rings. The highest BCUT2D eigenvalue weighted by Gasteiger charge is 2.38. The fourth-order valence-electron chi connectivity index (χ4n) is 3.65. The molecule has 0 amide bonds. The Bertz CT molecular complexity index is 1250. The highest BCUT2D eigenvalue weighted by atomic mass is 19.4. The molecule has 0 saturated carbocycles. The van der Waals surface area contributed by atoms with Crippen molar-refractivity contribution >= 4 is 21.9 Å². The molecule has 4 aromatic carbocycles. The molecule has 0 aliphatic rings. The summed E-state index contributed by atoms with van der Waals surface area (Å²) in [6.45, 7) is 0. The third kappa shape index (κ3) is 4.31. The van der Waals surface area contributed by atoms with Crippen molar-refractivity contribution in [3.63, 3.8) is 0 Å². The van der Waals surface area contributed by atoms with E-state index in [4.69, 9.17) is 4.74 Å². The maximum atomic E-state index is 14.5. The van der Waals surface area contributed by atoms with Gasteiger partial charge in [0.05, 0.1) is 12.7 Å². The third-order valence-corrected chi connectivity index (χ3v) is 5.06. The van der Waals surface area contributed by atoms with Crippen LogP contribution in [0, 0.1) is 5.82 Å². The van der Waals surface area contributed by atoms with Gasteiger partial charge in [0.25, 0.3) is 0 Å². The Morgan fingerprint density at radius 3 is 2.00 bits per heavy atom. The quantitative estimate of drug-likeness (QED) is 0.244. The second-order valence-electron chi connectivity index (χ2n) is 7.05. The van der Waals surface area contributed by atoms with E-state index in [0.29, 0.717) is 16.7 Å². The number of methoxy groups -OCH3 is 1. The summed E-state index contributed by atoms with van der Waals surface area (Å²) in [6, 6.07) is 23.3. The molecular weight excluding hydrogens is 404 g/mol. The SMILES string of the molecule is COc1ccc(/C(=C(\c2ccc3ccccc3c2)C(F)(F)F)c2cccc(F)c2)cc1. The van der Waals surface area contributed by atoms with Gasteiger partial charge < -0.3 is 4.74 Å². The van der Waals surface area contributed by atoms with Gasteiger partial charge in [0.15, 0.2) is 0 Å². The lowest BCUT2D eigenvalue weighted by atomic mass is 9.88. The van der Waals surface area contributed by atoms with Gasteiger partial charge in [0.2, 0.25) is 0 Å². The van der Waals surface area contributed by atoms with Gasteiger partial charge in [-0.3, -0.25) is 0 Å². The highest BCUT2D eigenvalue weighted by molar-refractivity contribution is 6.02. The fraction of sp³-hybridized carbons (Fsp3) is 0.0769. The summed E-state index contributed by atoms with van der Waals surface area (Å²) in [5.74, 6) is -0.0925. The van der Waals surface area contributed by atoms with Crippen molar-refractivity contribution in [3.8, 4) is 5.75 Å². The number of benzene rings is 4. The molecule has 0 aliphatic carbocycles. The summed E-state index contributed by atoms with van der Waals surface area (Å²) >= 11 is 0. The minimum absolute atomic E-state index is 0.0151. The van der Waals surface area contributed by atoms with Gasteiger partial charge in [-0.2, -0.15) is 13.2 Å². The first-order valence-electron chi connectivity index (χ1n) is 9.58. The third-order valence-electron chi connectivity index (χ3n) is 5.06. The number of fused-ring (bicyclic) bond motifs is 1. The monoisotopic (exact) mass is 422 g/mol. The first-order valence-corrected chi connectivity index (χ1v) is 9.58. The summed E-state index contributed by atoms with van der Waals surface area (Å²) in [5.41, 5.74) is -0.447. The lowest BCUT2D eigenvalue weighted by Crippen LogP contribution is -2.14. The maximum Gasteiger partial charge on any atom is 0.417 e. The van der Waals surface area contributed by atoms with Gasteiger partial charge in [0.1, 0.15) is 11.6 Å². The van der Waals surface area contributed by atoms with Gasteiger partial charge in [-0.25, -0.2) is 4.39 Å². The van der Waals surface area contributed by atoms with E-state index in [-0.39, 0.29) is 16.7 Å². The number of halogens is 4. The first-order chi connectivity index (χ1) is 14.9. The number of ether oxygens (including phenoxy) is 1. The van der Waals surface area contributed by atoms with Gasteiger partial charge in [0, 0.05) is 5.57 Å². The number of hydrogen-bond acceptors (Lipinski definition) is 1. The molecule has 1 nitrogen and oxygen atoms in total. The summed E-state index contributed by atoms with van der Waals surface area (Å²) < 4.78 is 62.6. The normalized spacial score (nSPS) is 12.5. The van der Waals surface area contributed by atoms with Crippen LogP contribution >= 0.6 is 0 Å². The molecule has 0 unspecified atom stereocenters. The molecule has 0 saturated heterocycles. The lowest BCUT2D eigenvalue weighted by Gasteiger charge is -2.20. The van der Waals surface area contributed by atoms with Crippen LogP contribution in [0.15, 0.2) is 91.0 Å². The molecule has 156 valence electrons. The van der Waals surface area contributed by atoms with Crippen LogP contribution in [0.4, 0.5) is 17.6 Å². The summed E-state index contributed by atoms with van der Waals surface area (Å²) in [7, 11) is 1.48. The van der Waals surface area contributed by atoms with Crippen molar-refractivity contribution < 1.29 is 22.3 Å². The van der Waals surface area contributed by atoms with Gasteiger partial charge in [-0.1, -0.05) is 60.7 Å². The van der Waals surface area contributed by atoms with Crippen molar-refractivity contribution in [3.05, 3.63) is 114 Å². The lowest BCUT2D eigenvalue weighted by molar-refractivity contribution is -0.0685. The molecule has 31 heavy (non-hydrogen) atoms. The molecule has 0 radical (unpaired) electrons. The van der Waals surface area contributed by atoms with Crippen LogP contribution in [0.5, 0.6) is 5.75 Å². The minimum Gasteiger partial charge on any atom is -0.497 e. The predicted octanol–water partition coefficient (Wildman–Crippen LogP) is 7.51. The van der Waals surface area contributed by atoms with Crippen LogP contribution in [0.3, 0.4) is 0 Å². The molecule has 4 aromatic rings. The van der Waals surface area contributed by atoms with E-state index >= 15 is 0 Å². The van der Waals surface area contributed by atoms with E-state index in [0.717, 1.165) is 11.5 Å². The Balaban J connectivity index is 2.06. The zero-order chi connectivity index (χ0) is 22.0. The summed E-state index contributed by atoms with van der Waals surface area (Å²) in [4.78, 5) is 0. The van der Waals surface area contributed by atoms with E-state index in [1.807, 2.05) is 12.1 Å². The second-order valence-corrected chi connectivity index (χ2v) is 7.05. The van der Waals surface area contributed by atoms with Crippen molar-refractivity contribution in [1.29, 1.82) is 0 Å². The Morgan fingerprint density at radius 1 is 0.677 bits per heavy atom. The number of hydrogen-bond donors (Lipinski definition) is 0. The van der Waals surface area contributed by atoms with E-state index in [1.54, 1.807) is 42.5 Å². The molecule has 0 bridgehead atoms. The van der Waals surface area contributed by atoms with Gasteiger partial charge >= 0.3 is 6.18 Å². The average molecular weight is 422 g/mol. The molecule has 0 heterocycles. The van der Waals surface area contributed by atoms with Crippen molar-refractivity contribution in [2.75, 3.05) is 7.11 Å². The van der Waals surface area contributed by atoms with Crippen molar-refractivity contribution in [1.82, 2.24) is 0 Å². The van der Waals surface area contributed by atoms with E-state index in [9.17, 15) is 17.6 Å². The van der Waals surface area contributed by atoms with Crippen molar-refractivity contribution in [2.45, 2.75) is 6.18 Å². The fourth-order valence-corrected chi connectivity index (χ4v) is 3.65. The van der Waals surface area contributed by atoms with E-state index in [2.05, 4.69) is 0 Å². The molecule has 0 atom stereocenters. The molecule has 0 aromatic heterocycles. The largest absolute Gasteiger partial charge is 0.497 e. The standard InChI is InChI=1S/C26H18F4O/c1-31-23-13-11-18(12-14-23)24(20-7-4-8-22(27)16-20)25(26(28,29)30)21-10-9-17-5-2-3-6-19(17)15-21/h2-16H,1H3/b25-24-. The Labute approximate surface area is 177 Å². The summed E-state index contributed by atoms with van der Waals surface area (Å²) in [5, 5.41) is 1.53. The van der Waals surface area contributed by atoms with Crippen LogP contribution in [0.25, 0.3) is 21.9 Å². The molecule has 0 N–H and O–H groups in total. The number of allylic oxidation sites excluding steroid dienone is 1. The number of rotatable bonds is 4. The average Bonchev–Trinajstić information content (AvgIpc) is 2.76. The number of alkyl halides is 3. The van der Waals surface area contributed by atoms with Gasteiger partial charge in [-0.15, -0.1) is 0 Å². The Morgan fingerprint density at radius 2 is 1.35 bits per heavy atom. The zero-order valence-electron chi connectivity index (χ0n) is 16.6. The Kier molecular flexibility index (Phi) is 5.51. The van der Waals surface area contributed by atoms with Crippen LogP contribution in [0.1, 0.15) is 16.7 Å². The van der Waals surface area contributed by atoms with Crippen LogP contribution in [0.2, 0.25) is 0 Å². The molecule has 0 spiro atoms. The predicted molar refractivity (Wildman–Crippen MR) is 115 cm³/mol. The second kappa shape index (κ2) is 8.26. The Hall–Kier alpha value is -3.60. The first kappa shape index (κ1) is 20.7. The maximum absolute atomic E-state index is 14.5. The molecular formula is C26H18F4O. The van der Waals surface area contributed by atoms with Crippen molar-refractivity contribution in [2.24, 2.45) is 0 Å². The van der Waals surface area contributed by atoms with Crippen LogP contribution < -0.4 is 4.74 Å². The molecule has 4 rings (SSSR count). The van der Waals surface area contributed by atoms with E-state index in [1.165, 1.54) is 37.4 Å². The van der Waals surface area contributed by atoms with Gasteiger partial charge in [-0.05, 0) is 57.8 Å². The molecule has 0 aliphatic heterocycles. The van der Waals surface area contributed by atoms with Crippen LogP contribution in [-0.4, -0.2) is 13.3 Å². The molecule has 5 heteroatoms. The highest BCUT2D eigenvalue weighted by Crippen LogP contribution is 2.43. The smallest absolute Gasteiger partial charge is 0.417 e. The van der Waals surface area contributed by atoms with E-state index < -0.39 is 17.6 Å². The minimum atomic E-state index is -4.68. The topological polar surface area (TPSA) is 9.23 Å².